The highest BCUT2D eigenvalue weighted by Crippen LogP contribution is 2.26. The standard InChI is InChI=1S/C12H12N8O6/c1-5(21)25-4-6-2-3-7(26-6)18-11(22)9-8(15-17-18)10(20(23)24)16-19(9)12(13)14/h2-3,6-7H,4H2,1H3,(H3,13,14). The highest BCUT2D eigenvalue weighted by molar-refractivity contribution is 5.91. The molecule has 136 valence electrons. The van der Waals surface area contributed by atoms with Gasteiger partial charge < -0.3 is 25.3 Å². The molecule has 2 aromatic rings. The molecule has 1 aliphatic rings. The lowest BCUT2D eigenvalue weighted by Crippen LogP contribution is -2.32. The first-order valence-corrected chi connectivity index (χ1v) is 7.13. The van der Waals surface area contributed by atoms with E-state index in [4.69, 9.17) is 20.6 Å². The zero-order chi connectivity index (χ0) is 19.0. The van der Waals surface area contributed by atoms with Crippen molar-refractivity contribution >= 4 is 28.8 Å². The van der Waals surface area contributed by atoms with E-state index in [1.807, 2.05) is 0 Å². The fourth-order valence-electron chi connectivity index (χ4n) is 2.31. The molecular formula is C12H12N8O6. The Hall–Kier alpha value is -3.42. The van der Waals surface area contributed by atoms with Gasteiger partial charge >= 0.3 is 17.3 Å². The van der Waals surface area contributed by atoms with Gasteiger partial charge in [-0.25, -0.2) is 0 Å². The van der Waals surface area contributed by atoms with Crippen LogP contribution in [0, 0.1) is 28.4 Å². The Bertz CT molecular complexity index is 965. The molecular weight excluding hydrogens is 352 g/mol. The summed E-state index contributed by atoms with van der Waals surface area (Å²) in [6, 6.07) is 0. The second kappa shape index (κ2) is 6.47. The molecule has 1 fully saturated rings. The highest BCUT2D eigenvalue weighted by Gasteiger charge is 2.33. The van der Waals surface area contributed by atoms with Crippen molar-refractivity contribution in [2.45, 2.75) is 19.3 Å². The summed E-state index contributed by atoms with van der Waals surface area (Å²) >= 11 is 0. The zero-order valence-electron chi connectivity index (χ0n) is 13.2. The molecule has 14 heteroatoms. The van der Waals surface area contributed by atoms with Gasteiger partial charge in [-0.1, -0.05) is 9.90 Å². The Morgan fingerprint density at radius 2 is 2.27 bits per heavy atom. The van der Waals surface area contributed by atoms with Crippen LogP contribution in [-0.4, -0.2) is 54.3 Å². The van der Waals surface area contributed by atoms with Crippen molar-refractivity contribution in [3.8, 4) is 0 Å². The maximum absolute atomic E-state index is 12.7. The van der Waals surface area contributed by atoms with Crippen LogP contribution in [-0.2, 0) is 14.3 Å². The number of nitro groups is 1. The van der Waals surface area contributed by atoms with Gasteiger partial charge in [0.05, 0.1) is 11.2 Å². The third-order valence-corrected chi connectivity index (χ3v) is 3.39. The molecule has 3 N–H and O–H groups in total. The van der Waals surface area contributed by atoms with Gasteiger partial charge in [-0.2, -0.15) is 4.68 Å². The molecule has 14 nitrogen and oxygen atoms in total. The number of aromatic nitrogens is 5. The van der Waals surface area contributed by atoms with E-state index >= 15 is 0 Å². The van der Waals surface area contributed by atoms with Crippen molar-refractivity contribution in [1.82, 2.24) is 24.8 Å². The molecule has 2 radical (unpaired) electrons. The second-order valence-corrected chi connectivity index (χ2v) is 5.17. The van der Waals surface area contributed by atoms with Gasteiger partial charge in [0.25, 0.3) is 0 Å². The van der Waals surface area contributed by atoms with Gasteiger partial charge in [0, 0.05) is 19.8 Å². The quantitative estimate of drug-likeness (QED) is 0.212. The molecule has 0 spiro atoms. The Kier molecular flexibility index (Phi) is 4.33. The average Bonchev–Trinajstić information content (AvgIpc) is 3.18. The summed E-state index contributed by atoms with van der Waals surface area (Å²) in [4.78, 5) is 33.7. The number of nitrogens with one attached hydrogen (secondary N) is 1. The number of carbonyl (C=O) groups is 1. The molecule has 26 heavy (non-hydrogen) atoms. The molecule has 3 heterocycles. The summed E-state index contributed by atoms with van der Waals surface area (Å²) in [6.45, 7) is 1.19. The molecule has 0 amide bonds. The second-order valence-electron chi connectivity index (χ2n) is 5.17. The maximum atomic E-state index is 12.7. The summed E-state index contributed by atoms with van der Waals surface area (Å²) in [5, 5.41) is 29.3. The normalized spacial score (nSPS) is 19.6. The molecule has 2 aromatic heterocycles. The van der Waals surface area contributed by atoms with Gasteiger partial charge in [-0.15, -0.1) is 5.10 Å². The highest BCUT2D eigenvalue weighted by atomic mass is 16.6. The fraction of sp³-hybridized carbons (Fsp3) is 0.333. The number of nitrogen functional groups attached to an aromatic ring is 1. The van der Waals surface area contributed by atoms with Gasteiger partial charge in [-0.05, 0) is 4.92 Å². The van der Waals surface area contributed by atoms with E-state index < -0.39 is 46.1 Å². The van der Waals surface area contributed by atoms with Crippen LogP contribution in [0.3, 0.4) is 0 Å². The fourth-order valence-corrected chi connectivity index (χ4v) is 2.31. The van der Waals surface area contributed by atoms with Crippen LogP contribution in [0.1, 0.15) is 13.2 Å². The number of rotatable bonds is 4. The molecule has 0 bridgehead atoms. The third kappa shape index (κ3) is 2.97. The number of nitrogens with two attached hydrogens (primary N) is 1. The van der Waals surface area contributed by atoms with Crippen molar-refractivity contribution < 1.29 is 19.2 Å². The van der Waals surface area contributed by atoms with E-state index in [-0.39, 0.29) is 12.1 Å². The smallest absolute Gasteiger partial charge is 0.419 e. The Morgan fingerprint density at radius 1 is 1.54 bits per heavy atom. The first kappa shape index (κ1) is 17.4. The van der Waals surface area contributed by atoms with Gasteiger partial charge in [-0.3, -0.25) is 15.0 Å². The van der Waals surface area contributed by atoms with Crippen LogP contribution >= 0.6 is 0 Å². The summed E-state index contributed by atoms with van der Waals surface area (Å²) in [7, 11) is 0. The number of nitrogens with zero attached hydrogens (tertiary/aromatic N) is 6. The molecule has 0 aliphatic carbocycles. The van der Waals surface area contributed by atoms with Crippen molar-refractivity contribution in [3.63, 3.8) is 0 Å². The van der Waals surface area contributed by atoms with Crippen molar-refractivity contribution in [3.05, 3.63) is 33.3 Å². The summed E-state index contributed by atoms with van der Waals surface area (Å²) in [5.74, 6) is -1.93. The molecule has 1 saturated heterocycles. The summed E-state index contributed by atoms with van der Waals surface area (Å²) < 4.78 is 11.7. The lowest BCUT2D eigenvalue weighted by atomic mass is 10.2. The van der Waals surface area contributed by atoms with E-state index in [1.165, 1.54) is 13.3 Å². The number of carbonyl (C=O) groups excluding carboxylic acids is 1. The van der Waals surface area contributed by atoms with Gasteiger partial charge in [0.15, 0.2) is 11.7 Å². The lowest BCUT2D eigenvalue weighted by molar-refractivity contribution is -0.388. The summed E-state index contributed by atoms with van der Waals surface area (Å²) in [5.41, 5.74) is 3.71. The van der Waals surface area contributed by atoms with Crippen molar-refractivity contribution in [2.24, 2.45) is 5.73 Å². The molecule has 3 rings (SSSR count). The number of ether oxygens (including phenoxy) is 2. The van der Waals surface area contributed by atoms with Gasteiger partial charge in [0.1, 0.15) is 6.61 Å². The largest absolute Gasteiger partial charge is 0.463 e. The van der Waals surface area contributed by atoms with E-state index in [9.17, 15) is 19.7 Å². The first-order valence-electron chi connectivity index (χ1n) is 7.13. The minimum absolute atomic E-state index is 0.0520. The summed E-state index contributed by atoms with van der Waals surface area (Å²) in [6.07, 6.45) is 1.48. The number of hydrogen-bond acceptors (Lipinski definition) is 10. The first-order chi connectivity index (χ1) is 12.3. The van der Waals surface area contributed by atoms with Crippen LogP contribution in [0.25, 0.3) is 11.0 Å². The molecule has 0 saturated carbocycles. The maximum Gasteiger partial charge on any atom is 0.419 e. The van der Waals surface area contributed by atoms with E-state index in [0.717, 1.165) is 4.68 Å². The Morgan fingerprint density at radius 3 is 2.88 bits per heavy atom. The molecule has 2 atom stereocenters. The van der Waals surface area contributed by atoms with Crippen LogP contribution in [0.15, 0.2) is 4.79 Å². The minimum atomic E-state index is -0.977. The molecule has 0 aromatic carbocycles. The molecule has 2 unspecified atom stereocenters. The third-order valence-electron chi connectivity index (χ3n) is 3.39. The van der Waals surface area contributed by atoms with Gasteiger partial charge in [0.2, 0.25) is 11.5 Å². The molecule has 1 aliphatic heterocycles. The van der Waals surface area contributed by atoms with E-state index in [1.54, 1.807) is 6.42 Å². The topological polar surface area (TPSA) is 194 Å². The average molecular weight is 364 g/mol. The van der Waals surface area contributed by atoms with Crippen molar-refractivity contribution in [1.29, 1.82) is 5.41 Å². The van der Waals surface area contributed by atoms with Crippen molar-refractivity contribution in [2.75, 3.05) is 6.61 Å². The van der Waals surface area contributed by atoms with E-state index in [2.05, 4.69) is 15.4 Å². The van der Waals surface area contributed by atoms with E-state index in [0.29, 0.717) is 4.68 Å². The Labute approximate surface area is 144 Å². The SMILES string of the molecule is CC(=O)OCC1[CH][CH]C(n2nnc3c([N+](=O)[O-])nn(C(=N)N)c3c2=O)O1. The number of hydrogen-bond donors (Lipinski definition) is 2. The zero-order valence-corrected chi connectivity index (χ0v) is 13.2. The lowest BCUT2D eigenvalue weighted by Gasteiger charge is -2.13. The Balaban J connectivity index is 1.99. The predicted octanol–water partition coefficient (Wildman–Crippen LogP) is -1.49. The predicted molar refractivity (Wildman–Crippen MR) is 82.7 cm³/mol. The number of esters is 1. The van der Waals surface area contributed by atoms with Crippen LogP contribution in [0.2, 0.25) is 0 Å². The number of fused-ring (bicyclic) bond motifs is 1. The van der Waals surface area contributed by atoms with Crippen LogP contribution in [0.4, 0.5) is 5.82 Å². The van der Waals surface area contributed by atoms with Crippen LogP contribution in [0.5, 0.6) is 0 Å². The monoisotopic (exact) mass is 364 g/mol. The van der Waals surface area contributed by atoms with Crippen LogP contribution < -0.4 is 11.3 Å². The minimum Gasteiger partial charge on any atom is -0.463 e.